The number of carboxylic acid groups (broad SMARTS) is 1. The summed E-state index contributed by atoms with van der Waals surface area (Å²) in [5, 5.41) is 9.94. The predicted molar refractivity (Wildman–Crippen MR) is 105 cm³/mol. The second-order valence-corrected chi connectivity index (χ2v) is 7.20. The fourth-order valence-electron chi connectivity index (χ4n) is 2.61. The van der Waals surface area contributed by atoms with Crippen molar-refractivity contribution in [2.75, 3.05) is 6.61 Å². The van der Waals surface area contributed by atoms with Crippen molar-refractivity contribution < 1.29 is 19.4 Å². The van der Waals surface area contributed by atoms with Gasteiger partial charge in [0.15, 0.2) is 4.80 Å². The Balaban J connectivity index is 2.20. The van der Waals surface area contributed by atoms with Gasteiger partial charge in [-0.05, 0) is 44.2 Å². The molecule has 1 unspecified atom stereocenters. The third-order valence-electron chi connectivity index (χ3n) is 3.92. The summed E-state index contributed by atoms with van der Waals surface area (Å²) >= 11 is 7.19. The van der Waals surface area contributed by atoms with E-state index >= 15 is 0 Å². The zero-order valence-corrected chi connectivity index (χ0v) is 16.3. The Morgan fingerprint density at radius 1 is 1.30 bits per heavy atom. The van der Waals surface area contributed by atoms with Crippen LogP contribution in [0.1, 0.15) is 30.2 Å². The van der Waals surface area contributed by atoms with E-state index in [0.29, 0.717) is 33.3 Å². The zero-order chi connectivity index (χ0) is 19.6. The summed E-state index contributed by atoms with van der Waals surface area (Å²) in [7, 11) is 0. The van der Waals surface area contributed by atoms with Crippen molar-refractivity contribution in [3.63, 3.8) is 0 Å². The molecule has 0 fully saturated rings. The molecule has 3 aromatic rings. The Bertz CT molecular complexity index is 1090. The summed E-state index contributed by atoms with van der Waals surface area (Å²) in [5.41, 5.74) is 0.989. The van der Waals surface area contributed by atoms with Gasteiger partial charge in [-0.1, -0.05) is 29.0 Å². The van der Waals surface area contributed by atoms with Crippen molar-refractivity contribution in [3.8, 4) is 5.75 Å². The lowest BCUT2D eigenvalue weighted by Gasteiger charge is -2.11. The smallest absolute Gasteiger partial charge is 0.326 e. The van der Waals surface area contributed by atoms with Gasteiger partial charge in [-0.25, -0.2) is 4.79 Å². The maximum absolute atomic E-state index is 12.6. The highest BCUT2D eigenvalue weighted by Crippen LogP contribution is 2.26. The van der Waals surface area contributed by atoms with Crippen LogP contribution in [0, 0.1) is 0 Å². The number of carboxylic acids is 1. The minimum Gasteiger partial charge on any atom is -0.494 e. The van der Waals surface area contributed by atoms with Crippen molar-refractivity contribution >= 4 is 45.0 Å². The number of aliphatic carboxylic acids is 1. The molecule has 0 saturated carbocycles. The lowest BCUT2D eigenvalue weighted by molar-refractivity contribution is -0.140. The van der Waals surface area contributed by atoms with Crippen LogP contribution in [0.15, 0.2) is 47.5 Å². The van der Waals surface area contributed by atoms with E-state index in [4.69, 9.17) is 16.3 Å². The van der Waals surface area contributed by atoms with Gasteiger partial charge in [0.25, 0.3) is 5.91 Å². The Morgan fingerprint density at radius 3 is 2.74 bits per heavy atom. The molecule has 3 rings (SSSR count). The number of benzene rings is 2. The molecule has 0 radical (unpaired) electrons. The van der Waals surface area contributed by atoms with E-state index < -0.39 is 17.9 Å². The highest BCUT2D eigenvalue weighted by atomic mass is 35.5. The van der Waals surface area contributed by atoms with Gasteiger partial charge in [0, 0.05) is 16.7 Å². The molecule has 2 aromatic carbocycles. The van der Waals surface area contributed by atoms with E-state index in [0.717, 1.165) is 4.70 Å². The second kappa shape index (κ2) is 7.94. The fraction of sp³-hybridized carbons (Fsp3) is 0.211. The average molecular weight is 405 g/mol. The van der Waals surface area contributed by atoms with Crippen LogP contribution < -0.4 is 9.54 Å². The second-order valence-electron chi connectivity index (χ2n) is 5.76. The van der Waals surface area contributed by atoms with Crippen LogP contribution in [0.5, 0.6) is 5.75 Å². The molecule has 1 heterocycles. The summed E-state index contributed by atoms with van der Waals surface area (Å²) in [6.45, 7) is 3.91. The maximum Gasteiger partial charge on any atom is 0.326 e. The SMILES string of the molecule is CCOc1ccc2sc(=NC(=O)c3cccc(Cl)c3)n(C(C)C(=O)O)c2c1. The van der Waals surface area contributed by atoms with E-state index in [-0.39, 0.29) is 0 Å². The molecule has 0 aliphatic heterocycles. The minimum absolute atomic E-state index is 0.304. The number of ether oxygens (including phenoxy) is 1. The van der Waals surface area contributed by atoms with Gasteiger partial charge < -0.3 is 14.4 Å². The molecule has 0 spiro atoms. The number of hydrogen-bond donors (Lipinski definition) is 1. The molecule has 0 bridgehead atoms. The normalized spacial score (nSPS) is 12.9. The van der Waals surface area contributed by atoms with E-state index in [1.165, 1.54) is 22.0 Å². The summed E-state index contributed by atoms with van der Waals surface area (Å²) in [4.78, 5) is 28.6. The minimum atomic E-state index is -1.02. The van der Waals surface area contributed by atoms with E-state index in [9.17, 15) is 14.7 Å². The molecular weight excluding hydrogens is 388 g/mol. The largest absolute Gasteiger partial charge is 0.494 e. The lowest BCUT2D eigenvalue weighted by atomic mass is 10.2. The number of hydrogen-bond acceptors (Lipinski definition) is 4. The summed E-state index contributed by atoms with van der Waals surface area (Å²) < 4.78 is 7.86. The monoisotopic (exact) mass is 404 g/mol. The highest BCUT2D eigenvalue weighted by molar-refractivity contribution is 7.16. The van der Waals surface area contributed by atoms with Crippen molar-refractivity contribution in [1.29, 1.82) is 0 Å². The average Bonchev–Trinajstić information content (AvgIpc) is 2.98. The first-order valence-corrected chi connectivity index (χ1v) is 9.45. The molecule has 8 heteroatoms. The van der Waals surface area contributed by atoms with Gasteiger partial charge >= 0.3 is 5.97 Å². The molecule has 0 aliphatic carbocycles. The first-order chi connectivity index (χ1) is 12.9. The molecule has 27 heavy (non-hydrogen) atoms. The van der Waals surface area contributed by atoms with Crippen LogP contribution >= 0.6 is 22.9 Å². The summed E-state index contributed by atoms with van der Waals surface area (Å²) in [6.07, 6.45) is 0. The number of rotatable bonds is 5. The van der Waals surface area contributed by atoms with Crippen molar-refractivity contribution in [1.82, 2.24) is 4.57 Å². The molecule has 6 nitrogen and oxygen atoms in total. The first kappa shape index (κ1) is 19.1. The predicted octanol–water partition coefficient (Wildman–Crippen LogP) is 4.14. The van der Waals surface area contributed by atoms with E-state index in [1.54, 1.807) is 37.3 Å². The number of nitrogens with zero attached hydrogens (tertiary/aromatic N) is 2. The number of carbonyl (C=O) groups is 2. The van der Waals surface area contributed by atoms with Gasteiger partial charge in [-0.3, -0.25) is 4.79 Å². The molecule has 1 aromatic heterocycles. The van der Waals surface area contributed by atoms with Crippen molar-refractivity contribution in [2.45, 2.75) is 19.9 Å². The Morgan fingerprint density at radius 2 is 2.07 bits per heavy atom. The highest BCUT2D eigenvalue weighted by Gasteiger charge is 2.20. The lowest BCUT2D eigenvalue weighted by Crippen LogP contribution is -2.25. The van der Waals surface area contributed by atoms with E-state index in [1.807, 2.05) is 13.0 Å². The van der Waals surface area contributed by atoms with Crippen LogP contribution in [0.2, 0.25) is 5.02 Å². The number of thiazole rings is 1. The number of amides is 1. The third-order valence-corrected chi connectivity index (χ3v) is 5.19. The Hall–Kier alpha value is -2.64. The molecular formula is C19H17ClN2O4S. The van der Waals surface area contributed by atoms with Crippen molar-refractivity contribution in [3.05, 3.63) is 57.9 Å². The topological polar surface area (TPSA) is 80.9 Å². The Kier molecular flexibility index (Phi) is 5.62. The summed E-state index contributed by atoms with van der Waals surface area (Å²) in [6, 6.07) is 11.0. The molecule has 1 N–H and O–H groups in total. The van der Waals surface area contributed by atoms with Crippen LogP contribution in [-0.2, 0) is 4.79 Å². The maximum atomic E-state index is 12.6. The third kappa shape index (κ3) is 4.04. The number of halogens is 1. The summed E-state index contributed by atoms with van der Waals surface area (Å²) in [5.74, 6) is -0.879. The standard InChI is InChI=1S/C19H17ClN2O4S/c1-3-26-14-7-8-16-15(10-14)22(11(2)18(24)25)19(27-16)21-17(23)12-5-4-6-13(20)9-12/h4-11H,3H2,1-2H3,(H,24,25). The van der Waals surface area contributed by atoms with Crippen molar-refractivity contribution in [2.24, 2.45) is 4.99 Å². The van der Waals surface area contributed by atoms with Crippen LogP contribution in [0.25, 0.3) is 10.2 Å². The van der Waals surface area contributed by atoms with Gasteiger partial charge in [0.05, 0.1) is 16.8 Å². The molecule has 0 saturated heterocycles. The Labute approximate surface area is 164 Å². The molecule has 0 aliphatic rings. The first-order valence-electron chi connectivity index (χ1n) is 8.26. The van der Waals surface area contributed by atoms with Crippen LogP contribution in [0.3, 0.4) is 0 Å². The molecule has 1 amide bonds. The number of aromatic nitrogens is 1. The fourth-order valence-corrected chi connectivity index (χ4v) is 3.88. The molecule has 140 valence electrons. The number of carbonyl (C=O) groups excluding carboxylic acids is 1. The quantitative estimate of drug-likeness (QED) is 0.692. The van der Waals surface area contributed by atoms with Gasteiger partial charge in [-0.15, -0.1) is 0 Å². The zero-order valence-electron chi connectivity index (χ0n) is 14.7. The van der Waals surface area contributed by atoms with E-state index in [2.05, 4.69) is 4.99 Å². The molecule has 1 atom stereocenters. The van der Waals surface area contributed by atoms with Crippen LogP contribution in [0.4, 0.5) is 0 Å². The van der Waals surface area contributed by atoms with Gasteiger partial charge in [-0.2, -0.15) is 4.99 Å². The number of fused-ring (bicyclic) bond motifs is 1. The van der Waals surface area contributed by atoms with Gasteiger partial charge in [0.1, 0.15) is 11.8 Å². The van der Waals surface area contributed by atoms with Crippen LogP contribution in [-0.4, -0.2) is 28.2 Å². The van der Waals surface area contributed by atoms with Gasteiger partial charge in [0.2, 0.25) is 0 Å².